The van der Waals surface area contributed by atoms with Crippen molar-refractivity contribution in [3.05, 3.63) is 72.3 Å². The number of para-hydroxylation sites is 2. The highest BCUT2D eigenvalue weighted by atomic mass is 16.5. The fraction of sp³-hybridized carbons (Fsp3) is 0.360. The zero-order chi connectivity index (χ0) is 21.4. The van der Waals surface area contributed by atoms with E-state index in [4.69, 9.17) is 4.74 Å². The van der Waals surface area contributed by atoms with Gasteiger partial charge < -0.3 is 15.0 Å². The van der Waals surface area contributed by atoms with Gasteiger partial charge in [0.25, 0.3) is 11.6 Å². The van der Waals surface area contributed by atoms with Gasteiger partial charge in [-0.05, 0) is 25.0 Å². The van der Waals surface area contributed by atoms with E-state index in [1.54, 1.807) is 15.9 Å². The van der Waals surface area contributed by atoms with Crippen molar-refractivity contribution < 1.29 is 14.3 Å². The van der Waals surface area contributed by atoms with Crippen molar-refractivity contribution in [1.82, 2.24) is 5.32 Å². The standard InChI is InChI=1S/C25H27N3O3/c1-2-16-27-22-15-9-7-13-20(22)25(23(27)29)28(21-14-8-6-10-18(21)17-31-25)24(30)26-19-11-4-3-5-12-19/h2,6-10,13-15,19H,1,3-5,11-12,16-17H2,(H,26,30)/t25-/m1/s1. The number of anilines is 2. The normalized spacial score (nSPS) is 22.9. The maximum Gasteiger partial charge on any atom is 0.325 e. The molecule has 1 fully saturated rings. The number of rotatable bonds is 3. The minimum atomic E-state index is -1.52. The highest BCUT2D eigenvalue weighted by Gasteiger charge is 2.60. The third kappa shape index (κ3) is 3.05. The van der Waals surface area contributed by atoms with Crippen LogP contribution in [-0.4, -0.2) is 24.5 Å². The van der Waals surface area contributed by atoms with Crippen molar-refractivity contribution in [2.24, 2.45) is 0 Å². The SMILES string of the molecule is C=CCN1C(=O)[C@]2(OCc3ccccc3N2C(=O)NC2CCCCC2)c2ccccc21. The Morgan fingerprint density at radius 2 is 1.81 bits per heavy atom. The van der Waals surface area contributed by atoms with Crippen molar-refractivity contribution in [2.75, 3.05) is 16.3 Å². The number of ether oxygens (including phenoxy) is 1. The molecule has 2 aromatic rings. The van der Waals surface area contributed by atoms with E-state index in [9.17, 15) is 9.59 Å². The Bertz CT molecular complexity index is 1030. The molecule has 1 aliphatic carbocycles. The third-order valence-electron chi connectivity index (χ3n) is 6.53. The monoisotopic (exact) mass is 417 g/mol. The second-order valence-corrected chi connectivity index (χ2v) is 8.40. The zero-order valence-corrected chi connectivity index (χ0v) is 17.5. The predicted octanol–water partition coefficient (Wildman–Crippen LogP) is 4.45. The summed E-state index contributed by atoms with van der Waals surface area (Å²) in [6, 6.07) is 15.0. The van der Waals surface area contributed by atoms with Crippen LogP contribution in [-0.2, 0) is 21.9 Å². The van der Waals surface area contributed by atoms with E-state index in [1.807, 2.05) is 48.5 Å². The van der Waals surface area contributed by atoms with Gasteiger partial charge in [-0.25, -0.2) is 4.79 Å². The summed E-state index contributed by atoms with van der Waals surface area (Å²) in [4.78, 5) is 30.8. The van der Waals surface area contributed by atoms with E-state index in [0.29, 0.717) is 17.8 Å². The van der Waals surface area contributed by atoms with Crippen LogP contribution in [0.1, 0.15) is 43.2 Å². The molecule has 5 rings (SSSR count). The van der Waals surface area contributed by atoms with Crippen LogP contribution in [0.5, 0.6) is 0 Å². The molecule has 0 radical (unpaired) electrons. The van der Waals surface area contributed by atoms with Gasteiger partial charge >= 0.3 is 6.03 Å². The zero-order valence-electron chi connectivity index (χ0n) is 17.5. The van der Waals surface area contributed by atoms with Gasteiger partial charge in [0.1, 0.15) is 0 Å². The molecule has 31 heavy (non-hydrogen) atoms. The van der Waals surface area contributed by atoms with Crippen molar-refractivity contribution in [1.29, 1.82) is 0 Å². The molecule has 0 bridgehead atoms. The van der Waals surface area contributed by atoms with E-state index >= 15 is 0 Å². The first-order valence-corrected chi connectivity index (χ1v) is 11.0. The molecule has 0 aromatic heterocycles. The summed E-state index contributed by atoms with van der Waals surface area (Å²) in [5, 5.41) is 3.19. The molecule has 1 atom stereocenters. The minimum absolute atomic E-state index is 0.114. The number of hydrogen-bond donors (Lipinski definition) is 1. The maximum absolute atomic E-state index is 13.9. The number of hydrogen-bond acceptors (Lipinski definition) is 3. The average Bonchev–Trinajstić information content (AvgIpc) is 3.03. The van der Waals surface area contributed by atoms with E-state index in [0.717, 1.165) is 36.9 Å². The van der Waals surface area contributed by atoms with Crippen LogP contribution in [0, 0.1) is 0 Å². The van der Waals surface area contributed by atoms with Gasteiger partial charge in [-0.2, -0.15) is 0 Å². The summed E-state index contributed by atoms with van der Waals surface area (Å²) < 4.78 is 6.33. The number of fused-ring (bicyclic) bond motifs is 3. The highest BCUT2D eigenvalue weighted by Crippen LogP contribution is 2.50. The molecule has 1 spiro atoms. The summed E-state index contributed by atoms with van der Waals surface area (Å²) >= 11 is 0. The second kappa shape index (κ2) is 7.85. The van der Waals surface area contributed by atoms with Gasteiger partial charge in [0.2, 0.25) is 0 Å². The van der Waals surface area contributed by atoms with Crippen molar-refractivity contribution >= 4 is 23.3 Å². The summed E-state index contributed by atoms with van der Waals surface area (Å²) in [5.74, 6) is -0.262. The summed E-state index contributed by atoms with van der Waals surface area (Å²) in [7, 11) is 0. The fourth-order valence-electron chi connectivity index (χ4n) is 5.07. The van der Waals surface area contributed by atoms with Crippen LogP contribution in [0.2, 0.25) is 0 Å². The molecular weight excluding hydrogens is 390 g/mol. The van der Waals surface area contributed by atoms with Crippen LogP contribution < -0.4 is 15.1 Å². The largest absolute Gasteiger partial charge is 0.338 e. The number of benzene rings is 2. The van der Waals surface area contributed by atoms with Crippen LogP contribution in [0.3, 0.4) is 0 Å². The maximum atomic E-state index is 13.9. The molecule has 3 amide bonds. The fourth-order valence-corrected chi connectivity index (χ4v) is 5.07. The lowest BCUT2D eigenvalue weighted by Gasteiger charge is -2.44. The molecule has 1 saturated carbocycles. The van der Waals surface area contributed by atoms with Gasteiger partial charge in [0.05, 0.1) is 18.0 Å². The highest BCUT2D eigenvalue weighted by molar-refractivity contribution is 6.14. The molecule has 6 heteroatoms. The molecule has 1 N–H and O–H groups in total. The van der Waals surface area contributed by atoms with Gasteiger partial charge in [-0.1, -0.05) is 61.7 Å². The quantitative estimate of drug-likeness (QED) is 0.751. The minimum Gasteiger partial charge on any atom is -0.338 e. The van der Waals surface area contributed by atoms with Gasteiger partial charge in [0, 0.05) is 23.7 Å². The predicted molar refractivity (Wildman–Crippen MR) is 120 cm³/mol. The van der Waals surface area contributed by atoms with Crippen molar-refractivity contribution in [2.45, 2.75) is 50.5 Å². The third-order valence-corrected chi connectivity index (χ3v) is 6.53. The van der Waals surface area contributed by atoms with E-state index in [1.165, 1.54) is 6.42 Å². The van der Waals surface area contributed by atoms with Crippen LogP contribution >= 0.6 is 0 Å². The Balaban J connectivity index is 1.64. The Labute approximate surface area is 182 Å². The lowest BCUT2D eigenvalue weighted by molar-refractivity contribution is -0.146. The smallest absolute Gasteiger partial charge is 0.325 e. The van der Waals surface area contributed by atoms with Gasteiger partial charge in [-0.15, -0.1) is 6.58 Å². The average molecular weight is 418 g/mol. The van der Waals surface area contributed by atoms with Gasteiger partial charge in [-0.3, -0.25) is 9.69 Å². The molecular formula is C25H27N3O3. The Hall–Kier alpha value is -3.12. The Morgan fingerprint density at radius 1 is 1.10 bits per heavy atom. The Kier molecular flexibility index (Phi) is 5.02. The van der Waals surface area contributed by atoms with Crippen LogP contribution in [0.25, 0.3) is 0 Å². The van der Waals surface area contributed by atoms with Gasteiger partial charge in [0.15, 0.2) is 0 Å². The van der Waals surface area contributed by atoms with Crippen LogP contribution in [0.4, 0.5) is 16.2 Å². The molecule has 2 heterocycles. The molecule has 3 aliphatic rings. The molecule has 2 aromatic carbocycles. The summed E-state index contributed by atoms with van der Waals surface area (Å²) in [5.41, 5.74) is 1.52. The second-order valence-electron chi connectivity index (χ2n) is 8.40. The summed E-state index contributed by atoms with van der Waals surface area (Å²) in [6.07, 6.45) is 7.03. The number of urea groups is 1. The Morgan fingerprint density at radius 3 is 2.58 bits per heavy atom. The molecule has 160 valence electrons. The summed E-state index contributed by atoms with van der Waals surface area (Å²) in [6.45, 7) is 4.41. The lowest BCUT2D eigenvalue weighted by atomic mass is 9.95. The molecule has 2 aliphatic heterocycles. The molecule has 0 unspecified atom stereocenters. The number of carbonyl (C=O) groups excluding carboxylic acids is 2. The number of nitrogens with zero attached hydrogens (tertiary/aromatic N) is 2. The number of carbonyl (C=O) groups is 2. The first-order valence-electron chi connectivity index (χ1n) is 11.0. The number of nitrogens with one attached hydrogen (secondary N) is 1. The van der Waals surface area contributed by atoms with E-state index in [2.05, 4.69) is 11.9 Å². The van der Waals surface area contributed by atoms with Crippen molar-refractivity contribution in [3.63, 3.8) is 0 Å². The van der Waals surface area contributed by atoms with E-state index < -0.39 is 5.72 Å². The topological polar surface area (TPSA) is 61.9 Å². The van der Waals surface area contributed by atoms with Crippen molar-refractivity contribution in [3.8, 4) is 0 Å². The molecule has 6 nitrogen and oxygen atoms in total. The first kappa shape index (κ1) is 19.8. The van der Waals surface area contributed by atoms with Crippen LogP contribution in [0.15, 0.2) is 61.2 Å². The number of amides is 3. The molecule has 0 saturated heterocycles. The first-order chi connectivity index (χ1) is 15.2. The lowest BCUT2D eigenvalue weighted by Crippen LogP contribution is -2.62. The van der Waals surface area contributed by atoms with E-state index in [-0.39, 0.29) is 24.6 Å².